The Morgan fingerprint density at radius 2 is 2.05 bits per heavy atom. The van der Waals surface area contributed by atoms with Crippen molar-refractivity contribution in [2.45, 2.75) is 6.04 Å². The smallest absolute Gasteiger partial charge is 0.171 e. The van der Waals surface area contributed by atoms with E-state index in [0.29, 0.717) is 16.2 Å². The van der Waals surface area contributed by atoms with E-state index >= 15 is 0 Å². The summed E-state index contributed by atoms with van der Waals surface area (Å²) in [6.45, 7) is 0.777. The van der Waals surface area contributed by atoms with Crippen LogP contribution in [0.4, 0.5) is 5.69 Å². The molecule has 0 unspecified atom stereocenters. The largest absolute Gasteiger partial charge is 0.356 e. The zero-order valence-corrected chi connectivity index (χ0v) is 14.4. The molecule has 1 aromatic carbocycles. The van der Waals surface area contributed by atoms with Gasteiger partial charge in [-0.3, -0.25) is 0 Å². The highest BCUT2D eigenvalue weighted by atomic mass is 35.5. The van der Waals surface area contributed by atoms with Crippen LogP contribution in [-0.2, 0) is 0 Å². The maximum atomic E-state index is 6.11. The van der Waals surface area contributed by atoms with Crippen molar-refractivity contribution in [2.24, 2.45) is 0 Å². The monoisotopic (exact) mass is 340 g/mol. The first-order valence-electron chi connectivity index (χ1n) is 6.70. The Hall–Kier alpha value is -1.14. The molecule has 0 amide bonds. The van der Waals surface area contributed by atoms with Crippen LogP contribution in [-0.4, -0.2) is 25.8 Å². The average Bonchev–Trinajstić information content (AvgIpc) is 2.95. The van der Waals surface area contributed by atoms with Gasteiger partial charge < -0.3 is 15.5 Å². The van der Waals surface area contributed by atoms with Gasteiger partial charge in [-0.1, -0.05) is 29.8 Å². The molecule has 1 aromatic heterocycles. The SMILES string of the molecule is C[NH+](C)[C@H](CNC(=S)Nc1ccccc1Cl)c1cccs1. The number of quaternary nitrogens is 1. The number of nitrogens with one attached hydrogen (secondary N) is 3. The molecule has 1 heterocycles. The summed E-state index contributed by atoms with van der Waals surface area (Å²) in [5, 5.41) is 9.76. The van der Waals surface area contributed by atoms with E-state index in [1.807, 2.05) is 24.3 Å². The molecule has 3 N–H and O–H groups in total. The molecule has 0 aliphatic heterocycles. The quantitative estimate of drug-likeness (QED) is 0.731. The van der Waals surface area contributed by atoms with Crippen LogP contribution in [0.15, 0.2) is 41.8 Å². The Labute approximate surface area is 139 Å². The van der Waals surface area contributed by atoms with E-state index in [1.165, 1.54) is 9.78 Å². The first-order chi connectivity index (χ1) is 10.1. The molecule has 6 heteroatoms. The normalized spacial score (nSPS) is 12.2. The predicted octanol–water partition coefficient (Wildman–Crippen LogP) is 2.57. The van der Waals surface area contributed by atoms with Crippen molar-refractivity contribution in [1.29, 1.82) is 0 Å². The van der Waals surface area contributed by atoms with Crippen LogP contribution in [0.2, 0.25) is 5.02 Å². The van der Waals surface area contributed by atoms with E-state index in [-0.39, 0.29) is 0 Å². The van der Waals surface area contributed by atoms with Crippen LogP contribution in [0, 0.1) is 0 Å². The van der Waals surface area contributed by atoms with Crippen molar-refractivity contribution in [2.75, 3.05) is 26.0 Å². The summed E-state index contributed by atoms with van der Waals surface area (Å²) in [5.41, 5.74) is 0.821. The van der Waals surface area contributed by atoms with Crippen molar-refractivity contribution < 1.29 is 4.90 Å². The molecular formula is C15H19ClN3S2+. The Morgan fingerprint density at radius 3 is 2.67 bits per heavy atom. The zero-order valence-electron chi connectivity index (χ0n) is 12.0. The van der Waals surface area contributed by atoms with Crippen LogP contribution in [0.5, 0.6) is 0 Å². The lowest BCUT2D eigenvalue weighted by Crippen LogP contribution is -3.06. The molecule has 0 spiro atoms. The highest BCUT2D eigenvalue weighted by Crippen LogP contribution is 2.20. The van der Waals surface area contributed by atoms with Gasteiger partial charge >= 0.3 is 0 Å². The summed E-state index contributed by atoms with van der Waals surface area (Å²) in [4.78, 5) is 2.72. The second kappa shape index (κ2) is 7.75. The highest BCUT2D eigenvalue weighted by molar-refractivity contribution is 7.80. The number of thiocarbonyl (C=S) groups is 1. The third-order valence-electron chi connectivity index (χ3n) is 3.17. The molecule has 0 saturated carbocycles. The summed E-state index contributed by atoms with van der Waals surface area (Å²) in [6.07, 6.45) is 0. The van der Waals surface area contributed by atoms with Crippen molar-refractivity contribution >= 4 is 46.0 Å². The summed E-state index contributed by atoms with van der Waals surface area (Å²) >= 11 is 13.2. The molecule has 2 rings (SSSR count). The summed E-state index contributed by atoms with van der Waals surface area (Å²) in [6, 6.07) is 12.2. The number of para-hydroxylation sites is 1. The third kappa shape index (κ3) is 4.68. The van der Waals surface area contributed by atoms with E-state index in [2.05, 4.69) is 42.2 Å². The van der Waals surface area contributed by atoms with Gasteiger partial charge in [0.2, 0.25) is 0 Å². The van der Waals surface area contributed by atoms with Crippen molar-refractivity contribution in [3.05, 3.63) is 51.7 Å². The number of anilines is 1. The Balaban J connectivity index is 1.92. The lowest BCUT2D eigenvalue weighted by Gasteiger charge is -2.21. The van der Waals surface area contributed by atoms with Gasteiger partial charge in [0.15, 0.2) is 5.11 Å². The summed E-state index contributed by atoms with van der Waals surface area (Å²) in [7, 11) is 4.30. The molecule has 1 atom stereocenters. The van der Waals surface area contributed by atoms with Crippen LogP contribution in [0.25, 0.3) is 0 Å². The standard InChI is InChI=1S/C15H18ClN3S2/c1-19(2)13(14-8-5-9-21-14)10-17-15(20)18-12-7-4-3-6-11(12)16/h3-9,13H,10H2,1-2H3,(H2,17,18,20)/p+1/t13-/m1/s1. The second-order valence-corrected chi connectivity index (χ2v) is 6.75. The van der Waals surface area contributed by atoms with Gasteiger partial charge in [0.1, 0.15) is 6.04 Å². The minimum absolute atomic E-state index is 0.371. The van der Waals surface area contributed by atoms with Crippen molar-refractivity contribution in [3.8, 4) is 0 Å². The second-order valence-electron chi connectivity index (χ2n) is 4.96. The van der Waals surface area contributed by atoms with Gasteiger partial charge in [0.05, 0.1) is 36.2 Å². The molecule has 0 radical (unpaired) electrons. The van der Waals surface area contributed by atoms with Crippen molar-refractivity contribution in [3.63, 3.8) is 0 Å². The molecule has 2 aromatic rings. The first-order valence-corrected chi connectivity index (χ1v) is 8.37. The van der Waals surface area contributed by atoms with Gasteiger partial charge in [-0.25, -0.2) is 0 Å². The van der Waals surface area contributed by atoms with E-state index in [9.17, 15) is 0 Å². The van der Waals surface area contributed by atoms with Gasteiger partial charge in [0, 0.05) is 0 Å². The van der Waals surface area contributed by atoms with Crippen LogP contribution in [0.1, 0.15) is 10.9 Å². The maximum Gasteiger partial charge on any atom is 0.171 e. The molecule has 3 nitrogen and oxygen atoms in total. The molecular weight excluding hydrogens is 322 g/mol. The first kappa shape index (κ1) is 16.2. The minimum Gasteiger partial charge on any atom is -0.356 e. The number of likely N-dealkylation sites (N-methyl/N-ethyl adjacent to an activating group) is 1. The molecule has 0 aliphatic rings. The molecule has 21 heavy (non-hydrogen) atoms. The van der Waals surface area contributed by atoms with Crippen LogP contribution >= 0.6 is 35.2 Å². The van der Waals surface area contributed by atoms with Gasteiger partial charge in [-0.15, -0.1) is 11.3 Å². The number of halogens is 1. The number of benzene rings is 1. The number of rotatable bonds is 5. The van der Waals surface area contributed by atoms with E-state index in [1.54, 1.807) is 11.3 Å². The topological polar surface area (TPSA) is 28.5 Å². The molecule has 0 aliphatic carbocycles. The van der Waals surface area contributed by atoms with Crippen LogP contribution < -0.4 is 15.5 Å². The van der Waals surface area contributed by atoms with Crippen molar-refractivity contribution in [1.82, 2.24) is 5.32 Å². The molecule has 0 fully saturated rings. The predicted molar refractivity (Wildman–Crippen MR) is 95.5 cm³/mol. The maximum absolute atomic E-state index is 6.11. The number of hydrogen-bond donors (Lipinski definition) is 3. The lowest BCUT2D eigenvalue weighted by atomic mass is 10.2. The highest BCUT2D eigenvalue weighted by Gasteiger charge is 2.18. The van der Waals surface area contributed by atoms with Crippen LogP contribution in [0.3, 0.4) is 0 Å². The van der Waals surface area contributed by atoms with E-state index in [0.717, 1.165) is 12.2 Å². The minimum atomic E-state index is 0.371. The zero-order chi connectivity index (χ0) is 15.2. The number of hydrogen-bond acceptors (Lipinski definition) is 2. The Kier molecular flexibility index (Phi) is 5.99. The van der Waals surface area contributed by atoms with E-state index < -0.39 is 0 Å². The lowest BCUT2D eigenvalue weighted by molar-refractivity contribution is -0.890. The Bertz CT molecular complexity index is 584. The molecule has 0 bridgehead atoms. The fourth-order valence-electron chi connectivity index (χ4n) is 2.00. The van der Waals surface area contributed by atoms with Gasteiger partial charge in [0.25, 0.3) is 0 Å². The number of thiophene rings is 1. The molecule has 112 valence electrons. The fourth-order valence-corrected chi connectivity index (χ4v) is 3.33. The van der Waals surface area contributed by atoms with E-state index in [4.69, 9.17) is 23.8 Å². The summed E-state index contributed by atoms with van der Waals surface area (Å²) < 4.78 is 0. The average molecular weight is 341 g/mol. The Morgan fingerprint density at radius 1 is 1.29 bits per heavy atom. The third-order valence-corrected chi connectivity index (χ3v) is 4.73. The van der Waals surface area contributed by atoms with Gasteiger partial charge in [-0.2, -0.15) is 0 Å². The summed E-state index contributed by atoms with van der Waals surface area (Å²) in [5.74, 6) is 0. The molecule has 0 saturated heterocycles. The fraction of sp³-hybridized carbons (Fsp3) is 0.267. The van der Waals surface area contributed by atoms with Gasteiger partial charge in [-0.05, 0) is 35.8 Å².